The first-order valence-electron chi connectivity index (χ1n) is 6.34. The highest BCUT2D eigenvalue weighted by Gasteiger charge is 2.21. The molecule has 4 N–H and O–H groups in total. The van der Waals surface area contributed by atoms with Crippen LogP contribution < -0.4 is 5.43 Å². The van der Waals surface area contributed by atoms with Crippen LogP contribution in [0.1, 0.15) is 41.6 Å². The zero-order valence-corrected chi connectivity index (χ0v) is 12.0. The van der Waals surface area contributed by atoms with Gasteiger partial charge >= 0.3 is 23.9 Å². The molecule has 128 valence electrons. The van der Waals surface area contributed by atoms with Gasteiger partial charge in [-0.2, -0.15) is 5.10 Å². The maximum absolute atomic E-state index is 11.8. The Morgan fingerprint density at radius 3 is 1.72 bits per heavy atom. The minimum Gasteiger partial charge on any atom is -0.478 e. The molecule has 25 heavy (non-hydrogen) atoms. The first kappa shape index (κ1) is 17.3. The monoisotopic (exact) mass is 348 g/mol. The largest absolute Gasteiger partial charge is 0.478 e. The molecule has 0 unspecified atom stereocenters. The summed E-state index contributed by atoms with van der Waals surface area (Å²) in [6, 6.07) is 2.75. The Balaban J connectivity index is 2.84. The topological polar surface area (TPSA) is 184 Å². The molecule has 0 saturated carbocycles. The van der Waals surface area contributed by atoms with Crippen LogP contribution >= 0.6 is 0 Å². The van der Waals surface area contributed by atoms with Crippen molar-refractivity contribution in [1.29, 1.82) is 0 Å². The minimum atomic E-state index is -1.80. The lowest BCUT2D eigenvalue weighted by atomic mass is 10.1. The van der Waals surface area contributed by atoms with Crippen LogP contribution in [0.25, 0.3) is 5.69 Å². The van der Waals surface area contributed by atoms with Gasteiger partial charge in [0.1, 0.15) is 5.56 Å². The summed E-state index contributed by atoms with van der Waals surface area (Å²) in [5.74, 6) is -6.46. The molecule has 0 aliphatic carbocycles. The van der Waals surface area contributed by atoms with Gasteiger partial charge in [0.25, 0.3) is 0 Å². The van der Waals surface area contributed by atoms with E-state index in [4.69, 9.17) is 20.4 Å². The summed E-state index contributed by atoms with van der Waals surface area (Å²) in [5, 5.41) is 39.5. The molecule has 1 heterocycles. The van der Waals surface area contributed by atoms with Gasteiger partial charge in [-0.05, 0) is 18.2 Å². The van der Waals surface area contributed by atoms with Gasteiger partial charge in [-0.25, -0.2) is 23.9 Å². The van der Waals surface area contributed by atoms with Crippen LogP contribution in [0.5, 0.6) is 0 Å². The van der Waals surface area contributed by atoms with E-state index in [1.54, 1.807) is 0 Å². The Kier molecular flexibility index (Phi) is 4.32. The van der Waals surface area contributed by atoms with Crippen LogP contribution in [0.3, 0.4) is 0 Å². The lowest BCUT2D eigenvalue weighted by Crippen LogP contribution is -2.27. The summed E-state index contributed by atoms with van der Waals surface area (Å²) >= 11 is 0. The number of aromatic carboxylic acids is 4. The molecule has 0 radical (unpaired) electrons. The van der Waals surface area contributed by atoms with Crippen LogP contribution in [-0.2, 0) is 0 Å². The Morgan fingerprint density at radius 1 is 0.800 bits per heavy atom. The van der Waals surface area contributed by atoms with Crippen molar-refractivity contribution in [2.45, 2.75) is 0 Å². The third kappa shape index (κ3) is 3.34. The van der Waals surface area contributed by atoms with E-state index < -0.39 is 51.7 Å². The second-order valence-corrected chi connectivity index (χ2v) is 4.65. The van der Waals surface area contributed by atoms with Crippen molar-refractivity contribution in [3.63, 3.8) is 0 Å². The molecule has 11 nitrogen and oxygen atoms in total. The molecule has 0 aliphatic rings. The molecule has 11 heteroatoms. The number of aromatic nitrogens is 2. The van der Waals surface area contributed by atoms with E-state index in [0.29, 0.717) is 10.9 Å². The van der Waals surface area contributed by atoms with Gasteiger partial charge in [0.05, 0.1) is 16.8 Å². The van der Waals surface area contributed by atoms with Gasteiger partial charge in [-0.1, -0.05) is 0 Å². The maximum atomic E-state index is 11.8. The molecule has 0 amide bonds. The summed E-state index contributed by atoms with van der Waals surface area (Å²) in [5.41, 5.74) is -4.54. The van der Waals surface area contributed by atoms with E-state index in [1.165, 1.54) is 0 Å². The quantitative estimate of drug-likeness (QED) is 0.574. The molecule has 0 atom stereocenters. The number of hydrogen-bond donors (Lipinski definition) is 4. The average Bonchev–Trinajstić information content (AvgIpc) is 2.53. The number of hydrogen-bond acceptors (Lipinski definition) is 6. The number of benzene rings is 1. The molecular weight excluding hydrogens is 340 g/mol. The Hall–Kier alpha value is -4.02. The lowest BCUT2D eigenvalue weighted by Gasteiger charge is -2.10. The summed E-state index contributed by atoms with van der Waals surface area (Å²) in [6.07, 6.45) is 0.670. The molecular formula is C14H8N2O9. The highest BCUT2D eigenvalue weighted by Crippen LogP contribution is 2.15. The summed E-state index contributed by atoms with van der Waals surface area (Å²) in [4.78, 5) is 56.1. The van der Waals surface area contributed by atoms with E-state index >= 15 is 0 Å². The van der Waals surface area contributed by atoms with Crippen molar-refractivity contribution < 1.29 is 39.6 Å². The highest BCUT2D eigenvalue weighted by molar-refractivity contribution is 5.95. The first-order chi connectivity index (χ1) is 11.6. The van der Waals surface area contributed by atoms with E-state index in [0.717, 1.165) is 18.2 Å². The highest BCUT2D eigenvalue weighted by atomic mass is 16.4. The van der Waals surface area contributed by atoms with Gasteiger partial charge in [-0.3, -0.25) is 4.79 Å². The van der Waals surface area contributed by atoms with Gasteiger partial charge in [-0.15, -0.1) is 0 Å². The summed E-state index contributed by atoms with van der Waals surface area (Å²) < 4.78 is 0.618. The molecule has 0 aliphatic heterocycles. The summed E-state index contributed by atoms with van der Waals surface area (Å²) in [6.45, 7) is 0. The van der Waals surface area contributed by atoms with E-state index in [-0.39, 0.29) is 5.69 Å². The van der Waals surface area contributed by atoms with Gasteiger partial charge in [0.2, 0.25) is 11.1 Å². The predicted octanol–water partition coefficient (Wildman–Crippen LogP) is 0.0253. The fourth-order valence-electron chi connectivity index (χ4n) is 1.91. The molecule has 0 fully saturated rings. The second-order valence-electron chi connectivity index (χ2n) is 4.65. The molecule has 1 aromatic heterocycles. The maximum Gasteiger partial charge on any atom is 0.360 e. The van der Waals surface area contributed by atoms with Crippen molar-refractivity contribution >= 4 is 23.9 Å². The molecule has 2 aromatic rings. The van der Waals surface area contributed by atoms with Crippen molar-refractivity contribution in [2.24, 2.45) is 0 Å². The van der Waals surface area contributed by atoms with Crippen molar-refractivity contribution in [2.75, 3.05) is 0 Å². The first-order valence-corrected chi connectivity index (χ1v) is 6.34. The Labute approximate surface area is 137 Å². The SMILES string of the molecule is O=C(O)c1cc(C(=O)O)cc(-n2cc(C(=O)O)c(=O)c(C(=O)O)n2)c1. The minimum absolute atomic E-state index is 0.248. The van der Waals surface area contributed by atoms with Crippen LogP contribution in [0, 0.1) is 0 Å². The zero-order valence-electron chi connectivity index (χ0n) is 12.0. The van der Waals surface area contributed by atoms with Crippen molar-refractivity contribution in [3.8, 4) is 5.69 Å². The van der Waals surface area contributed by atoms with Gasteiger partial charge in [0.15, 0.2) is 0 Å². The van der Waals surface area contributed by atoms with E-state index in [9.17, 15) is 24.0 Å². The normalized spacial score (nSPS) is 10.2. The average molecular weight is 348 g/mol. The standard InChI is InChI=1S/C14H8N2O9/c17-10-8(13(22)23)4-16(15-9(10)14(24)25)7-2-5(11(18)19)1-6(3-7)12(20)21/h1-4H,(H,18,19)(H,20,21)(H,22,23)(H,24,25). The predicted molar refractivity (Wildman–Crippen MR) is 77.7 cm³/mol. The number of carboxylic acid groups (broad SMARTS) is 4. The third-order valence-corrected chi connectivity index (χ3v) is 3.03. The van der Waals surface area contributed by atoms with Crippen molar-refractivity contribution in [3.05, 3.63) is 57.0 Å². The lowest BCUT2D eigenvalue weighted by molar-refractivity contribution is 0.0669. The fourth-order valence-corrected chi connectivity index (χ4v) is 1.91. The Morgan fingerprint density at radius 2 is 1.32 bits per heavy atom. The van der Waals surface area contributed by atoms with Gasteiger partial charge in [0, 0.05) is 6.20 Å². The zero-order chi connectivity index (χ0) is 18.9. The van der Waals surface area contributed by atoms with Crippen LogP contribution in [0.4, 0.5) is 0 Å². The molecule has 0 saturated heterocycles. The number of carboxylic acids is 4. The third-order valence-electron chi connectivity index (χ3n) is 3.03. The molecule has 0 bridgehead atoms. The number of nitrogens with zero attached hydrogens (tertiary/aromatic N) is 2. The van der Waals surface area contributed by atoms with E-state index in [2.05, 4.69) is 5.10 Å². The molecule has 2 rings (SSSR count). The van der Waals surface area contributed by atoms with Crippen LogP contribution in [0.15, 0.2) is 29.2 Å². The van der Waals surface area contributed by atoms with Crippen LogP contribution in [-0.4, -0.2) is 54.1 Å². The number of carbonyl (C=O) groups is 4. The second kappa shape index (κ2) is 6.23. The smallest absolute Gasteiger partial charge is 0.360 e. The van der Waals surface area contributed by atoms with E-state index in [1.807, 2.05) is 0 Å². The van der Waals surface area contributed by atoms with Crippen LogP contribution in [0.2, 0.25) is 0 Å². The fraction of sp³-hybridized carbons (Fsp3) is 0. The van der Waals surface area contributed by atoms with Crippen molar-refractivity contribution in [1.82, 2.24) is 9.78 Å². The Bertz CT molecular complexity index is 920. The van der Waals surface area contributed by atoms with Gasteiger partial charge < -0.3 is 20.4 Å². The molecule has 0 spiro atoms. The summed E-state index contributed by atoms with van der Waals surface area (Å²) in [7, 11) is 0. The number of rotatable bonds is 5. The molecule has 1 aromatic carbocycles.